The summed E-state index contributed by atoms with van der Waals surface area (Å²) in [6, 6.07) is 6.25. The van der Waals surface area contributed by atoms with Crippen molar-refractivity contribution in [2.24, 2.45) is 0 Å². The van der Waals surface area contributed by atoms with Crippen molar-refractivity contribution >= 4 is 11.8 Å². The molecule has 2 aromatic rings. The van der Waals surface area contributed by atoms with Crippen LogP contribution in [-0.4, -0.2) is 27.1 Å². The molecule has 112 valence electrons. The zero-order valence-corrected chi connectivity index (χ0v) is 13.6. The van der Waals surface area contributed by atoms with Crippen molar-refractivity contribution in [1.82, 2.24) is 14.8 Å². The maximum Gasteiger partial charge on any atom is 0.191 e. The van der Waals surface area contributed by atoms with Crippen LogP contribution in [0.25, 0.3) is 0 Å². The predicted octanol–water partition coefficient (Wildman–Crippen LogP) is 3.56. The van der Waals surface area contributed by atoms with Gasteiger partial charge in [-0.1, -0.05) is 30.0 Å². The summed E-state index contributed by atoms with van der Waals surface area (Å²) in [6.45, 7) is 11.2. The van der Waals surface area contributed by atoms with E-state index in [1.54, 1.807) is 11.8 Å². The quantitative estimate of drug-likeness (QED) is 0.445. The number of ether oxygens (including phenoxy) is 1. The molecule has 0 amide bonds. The molecule has 0 saturated carbocycles. The average molecular weight is 303 g/mol. The lowest BCUT2D eigenvalue weighted by Gasteiger charge is -2.10. The second-order valence-electron chi connectivity index (χ2n) is 4.89. The first kappa shape index (κ1) is 15.6. The van der Waals surface area contributed by atoms with Gasteiger partial charge in [-0.2, -0.15) is 0 Å². The van der Waals surface area contributed by atoms with E-state index in [-0.39, 0.29) is 0 Å². The lowest BCUT2D eigenvalue weighted by atomic mass is 10.1. The number of aromatic nitrogens is 3. The molecule has 0 bridgehead atoms. The molecule has 0 unspecified atom stereocenters. The van der Waals surface area contributed by atoms with Crippen LogP contribution in [0, 0.1) is 20.8 Å². The third-order valence-corrected chi connectivity index (χ3v) is 4.06. The highest BCUT2D eigenvalue weighted by Gasteiger charge is 2.08. The molecule has 0 aliphatic heterocycles. The zero-order chi connectivity index (χ0) is 15.2. The Bertz CT molecular complexity index is 622. The smallest absolute Gasteiger partial charge is 0.191 e. The number of allylic oxidation sites excluding steroid dienone is 1. The van der Waals surface area contributed by atoms with Crippen LogP contribution >= 0.6 is 11.8 Å². The SMILES string of the molecule is C=CCn1c(C)nnc1SCCOc1cc(C)ccc1C. The molecule has 1 heterocycles. The Balaban J connectivity index is 1.87. The summed E-state index contributed by atoms with van der Waals surface area (Å²) in [5.41, 5.74) is 2.38. The molecule has 0 saturated heterocycles. The molecule has 1 aromatic heterocycles. The van der Waals surface area contributed by atoms with Gasteiger partial charge in [0.25, 0.3) is 0 Å². The molecular formula is C16H21N3OS. The van der Waals surface area contributed by atoms with Gasteiger partial charge in [-0.05, 0) is 38.0 Å². The molecule has 0 atom stereocenters. The van der Waals surface area contributed by atoms with Gasteiger partial charge in [-0.15, -0.1) is 16.8 Å². The van der Waals surface area contributed by atoms with Gasteiger partial charge in [0.2, 0.25) is 0 Å². The normalized spacial score (nSPS) is 10.6. The Hall–Kier alpha value is -1.75. The van der Waals surface area contributed by atoms with E-state index in [2.05, 4.69) is 53.4 Å². The summed E-state index contributed by atoms with van der Waals surface area (Å²) in [6.07, 6.45) is 1.85. The first-order valence-electron chi connectivity index (χ1n) is 6.95. The van der Waals surface area contributed by atoms with Gasteiger partial charge in [0.15, 0.2) is 5.16 Å². The van der Waals surface area contributed by atoms with Crippen molar-refractivity contribution in [2.75, 3.05) is 12.4 Å². The summed E-state index contributed by atoms with van der Waals surface area (Å²) in [5.74, 6) is 2.70. The Morgan fingerprint density at radius 3 is 2.86 bits per heavy atom. The fourth-order valence-electron chi connectivity index (χ4n) is 1.95. The lowest BCUT2D eigenvalue weighted by Crippen LogP contribution is -2.04. The second kappa shape index (κ2) is 7.31. The lowest BCUT2D eigenvalue weighted by molar-refractivity contribution is 0.341. The Morgan fingerprint density at radius 1 is 1.29 bits per heavy atom. The number of aryl methyl sites for hydroxylation is 3. The topological polar surface area (TPSA) is 39.9 Å². The van der Waals surface area contributed by atoms with Gasteiger partial charge in [0.05, 0.1) is 6.61 Å². The summed E-state index contributed by atoms with van der Waals surface area (Å²) < 4.78 is 7.90. The van der Waals surface area contributed by atoms with E-state index in [1.807, 2.05) is 13.0 Å². The van der Waals surface area contributed by atoms with Crippen LogP contribution in [0.2, 0.25) is 0 Å². The molecule has 0 N–H and O–H groups in total. The zero-order valence-electron chi connectivity index (χ0n) is 12.8. The molecule has 1 aromatic carbocycles. The molecule has 21 heavy (non-hydrogen) atoms. The largest absolute Gasteiger partial charge is 0.492 e. The molecule has 0 spiro atoms. The molecule has 2 rings (SSSR count). The molecular weight excluding hydrogens is 282 g/mol. The monoisotopic (exact) mass is 303 g/mol. The molecule has 0 radical (unpaired) electrons. The van der Waals surface area contributed by atoms with E-state index in [4.69, 9.17) is 4.74 Å². The predicted molar refractivity (Wildman–Crippen MR) is 87.1 cm³/mol. The number of hydrogen-bond acceptors (Lipinski definition) is 4. The molecule has 4 nitrogen and oxygen atoms in total. The number of rotatable bonds is 7. The molecule has 0 aliphatic carbocycles. The summed E-state index contributed by atoms with van der Waals surface area (Å²) >= 11 is 1.65. The van der Waals surface area contributed by atoms with Crippen LogP contribution in [0.3, 0.4) is 0 Å². The molecule has 0 aliphatic rings. The van der Waals surface area contributed by atoms with E-state index in [9.17, 15) is 0 Å². The van der Waals surface area contributed by atoms with Crippen LogP contribution < -0.4 is 4.74 Å². The van der Waals surface area contributed by atoms with Crippen molar-refractivity contribution in [3.8, 4) is 5.75 Å². The maximum atomic E-state index is 5.85. The first-order valence-corrected chi connectivity index (χ1v) is 7.94. The van der Waals surface area contributed by atoms with E-state index >= 15 is 0 Å². The average Bonchev–Trinajstić information content (AvgIpc) is 2.80. The summed E-state index contributed by atoms with van der Waals surface area (Å²) in [7, 11) is 0. The minimum absolute atomic E-state index is 0.648. The number of hydrogen-bond donors (Lipinski definition) is 0. The second-order valence-corrected chi connectivity index (χ2v) is 5.96. The van der Waals surface area contributed by atoms with Crippen molar-refractivity contribution in [3.63, 3.8) is 0 Å². The number of benzene rings is 1. The maximum absolute atomic E-state index is 5.85. The number of nitrogens with zero attached hydrogens (tertiary/aromatic N) is 3. The van der Waals surface area contributed by atoms with E-state index in [0.717, 1.165) is 34.6 Å². The van der Waals surface area contributed by atoms with Gasteiger partial charge < -0.3 is 9.30 Å². The van der Waals surface area contributed by atoms with Crippen LogP contribution in [0.5, 0.6) is 5.75 Å². The van der Waals surface area contributed by atoms with Crippen molar-refractivity contribution in [3.05, 3.63) is 47.8 Å². The van der Waals surface area contributed by atoms with Gasteiger partial charge in [0.1, 0.15) is 11.6 Å². The fourth-order valence-corrected chi connectivity index (χ4v) is 2.77. The van der Waals surface area contributed by atoms with Gasteiger partial charge in [-0.25, -0.2) is 0 Å². The summed E-state index contributed by atoms with van der Waals surface area (Å²) in [5, 5.41) is 9.20. The molecule has 5 heteroatoms. The minimum Gasteiger partial charge on any atom is -0.492 e. The Morgan fingerprint density at radius 2 is 2.10 bits per heavy atom. The highest BCUT2D eigenvalue weighted by molar-refractivity contribution is 7.99. The highest BCUT2D eigenvalue weighted by Crippen LogP contribution is 2.21. The van der Waals surface area contributed by atoms with E-state index < -0.39 is 0 Å². The van der Waals surface area contributed by atoms with Gasteiger partial charge in [-0.3, -0.25) is 0 Å². The third kappa shape index (κ3) is 4.11. The standard InChI is InChI=1S/C16H21N3OS/c1-5-8-19-14(4)17-18-16(19)21-10-9-20-15-11-12(2)6-7-13(15)3/h5-7,11H,1,8-10H2,2-4H3. The Labute approximate surface area is 130 Å². The van der Waals surface area contributed by atoms with Crippen molar-refractivity contribution < 1.29 is 4.74 Å². The minimum atomic E-state index is 0.648. The van der Waals surface area contributed by atoms with Gasteiger partial charge in [0, 0.05) is 12.3 Å². The molecule has 0 fully saturated rings. The van der Waals surface area contributed by atoms with Crippen LogP contribution in [0.1, 0.15) is 17.0 Å². The van der Waals surface area contributed by atoms with Crippen molar-refractivity contribution in [2.45, 2.75) is 32.5 Å². The Kier molecular flexibility index (Phi) is 5.44. The van der Waals surface area contributed by atoms with Crippen LogP contribution in [0.4, 0.5) is 0 Å². The number of thioether (sulfide) groups is 1. The first-order chi connectivity index (χ1) is 10.1. The van der Waals surface area contributed by atoms with E-state index in [1.165, 1.54) is 5.56 Å². The fraction of sp³-hybridized carbons (Fsp3) is 0.375. The van der Waals surface area contributed by atoms with E-state index in [0.29, 0.717) is 6.61 Å². The van der Waals surface area contributed by atoms with Crippen LogP contribution in [0.15, 0.2) is 36.0 Å². The summed E-state index contributed by atoms with van der Waals surface area (Å²) in [4.78, 5) is 0. The van der Waals surface area contributed by atoms with Gasteiger partial charge >= 0.3 is 0 Å². The highest BCUT2D eigenvalue weighted by atomic mass is 32.2. The van der Waals surface area contributed by atoms with Crippen LogP contribution in [-0.2, 0) is 6.54 Å². The van der Waals surface area contributed by atoms with Crippen molar-refractivity contribution in [1.29, 1.82) is 0 Å². The third-order valence-electron chi connectivity index (χ3n) is 3.13.